The molecule has 0 aliphatic heterocycles. The summed E-state index contributed by atoms with van der Waals surface area (Å²) in [5, 5.41) is 20.6. The maximum Gasteiger partial charge on any atom is 0.357 e. The third-order valence-corrected chi connectivity index (χ3v) is 3.28. The Kier molecular flexibility index (Phi) is 4.63. The Labute approximate surface area is 97.1 Å². The van der Waals surface area contributed by atoms with Gasteiger partial charge in [-0.3, -0.25) is 0 Å². The van der Waals surface area contributed by atoms with Crippen LogP contribution in [0.5, 0.6) is 0 Å². The molecule has 2 unspecified atom stereocenters. The maximum atomic E-state index is 10.6. The summed E-state index contributed by atoms with van der Waals surface area (Å²) in [5.41, 5.74) is -0.139. The van der Waals surface area contributed by atoms with Crippen molar-refractivity contribution in [2.24, 2.45) is 0 Å². The zero-order valence-corrected chi connectivity index (χ0v) is 9.82. The van der Waals surface area contributed by atoms with E-state index in [4.69, 9.17) is 14.6 Å². The molecule has 0 saturated carbocycles. The van der Waals surface area contributed by atoms with Gasteiger partial charge in [-0.1, -0.05) is 0 Å². The van der Waals surface area contributed by atoms with Crippen molar-refractivity contribution in [3.63, 3.8) is 0 Å². The van der Waals surface area contributed by atoms with Crippen LogP contribution >= 0.6 is 11.8 Å². The fourth-order valence-electron chi connectivity index (χ4n) is 1.16. The van der Waals surface area contributed by atoms with Crippen molar-refractivity contribution < 1.29 is 19.4 Å². The fraction of sp³-hybridized carbons (Fsp3) is 0.556. The van der Waals surface area contributed by atoms with E-state index >= 15 is 0 Å². The number of carboxylic acids is 1. The molecule has 0 spiro atoms. The summed E-state index contributed by atoms with van der Waals surface area (Å²) in [4.78, 5) is 14.3. The fourth-order valence-corrected chi connectivity index (χ4v) is 1.79. The molecule has 3 N–H and O–H groups in total. The highest BCUT2D eigenvalue weighted by Gasteiger charge is 2.18. The van der Waals surface area contributed by atoms with Gasteiger partial charge in [0, 0.05) is 11.3 Å². The Morgan fingerprint density at radius 3 is 2.88 bits per heavy atom. The van der Waals surface area contributed by atoms with Crippen LogP contribution < -0.4 is 5.32 Å². The number of anilines is 1. The van der Waals surface area contributed by atoms with E-state index < -0.39 is 5.97 Å². The van der Waals surface area contributed by atoms with E-state index in [2.05, 4.69) is 10.3 Å². The second-order valence-electron chi connectivity index (χ2n) is 3.23. The molecule has 1 heterocycles. The Balaban J connectivity index is 2.62. The van der Waals surface area contributed by atoms with E-state index in [-0.39, 0.29) is 29.6 Å². The lowest BCUT2D eigenvalue weighted by atomic mass is 10.2. The number of carboxylic acid groups (broad SMARTS) is 1. The van der Waals surface area contributed by atoms with Crippen LogP contribution in [0.25, 0.3) is 0 Å². The molecule has 1 rings (SSSR count). The van der Waals surface area contributed by atoms with Crippen molar-refractivity contribution in [2.45, 2.75) is 18.2 Å². The number of hydrogen-bond acceptors (Lipinski definition) is 6. The van der Waals surface area contributed by atoms with Crippen LogP contribution in [0.1, 0.15) is 17.4 Å². The van der Waals surface area contributed by atoms with Gasteiger partial charge >= 0.3 is 5.97 Å². The molecule has 0 radical (unpaired) electrons. The number of aliphatic hydroxyl groups is 1. The second-order valence-corrected chi connectivity index (χ2v) is 4.31. The standard InChI is InChI=1S/C9H14N2O4S/c1-5(7(3-12)16-2)10-9-11-6(4-15-9)8(13)14/h4-5,7,12H,3H2,1-2H3,(H,10,11)(H,13,14). The van der Waals surface area contributed by atoms with Crippen molar-refractivity contribution in [3.8, 4) is 0 Å². The van der Waals surface area contributed by atoms with Crippen LogP contribution in [-0.4, -0.2) is 45.3 Å². The number of oxazole rings is 1. The maximum absolute atomic E-state index is 10.6. The number of thioether (sulfide) groups is 1. The summed E-state index contributed by atoms with van der Waals surface area (Å²) < 4.78 is 4.94. The number of carbonyl (C=O) groups is 1. The first-order valence-electron chi connectivity index (χ1n) is 4.67. The topological polar surface area (TPSA) is 95.6 Å². The van der Waals surface area contributed by atoms with Crippen molar-refractivity contribution in [3.05, 3.63) is 12.0 Å². The Morgan fingerprint density at radius 1 is 1.75 bits per heavy atom. The van der Waals surface area contributed by atoms with E-state index in [1.54, 1.807) is 0 Å². The molecule has 16 heavy (non-hydrogen) atoms. The zero-order chi connectivity index (χ0) is 12.1. The molecular weight excluding hydrogens is 232 g/mol. The molecule has 0 aromatic carbocycles. The molecule has 1 aromatic rings. The highest BCUT2D eigenvalue weighted by atomic mass is 32.2. The SMILES string of the molecule is CSC(CO)C(C)Nc1nc(C(=O)O)co1. The minimum atomic E-state index is -1.13. The average molecular weight is 246 g/mol. The normalized spacial score (nSPS) is 14.4. The predicted octanol–water partition coefficient (Wildman–Crippen LogP) is 0.897. The van der Waals surface area contributed by atoms with Crippen LogP contribution in [0.4, 0.5) is 6.01 Å². The van der Waals surface area contributed by atoms with Gasteiger partial charge in [-0.2, -0.15) is 16.7 Å². The highest BCUT2D eigenvalue weighted by Crippen LogP contribution is 2.15. The Morgan fingerprint density at radius 2 is 2.44 bits per heavy atom. The average Bonchev–Trinajstić information content (AvgIpc) is 2.68. The number of hydrogen-bond donors (Lipinski definition) is 3. The molecule has 0 amide bonds. The van der Waals surface area contributed by atoms with Crippen LogP contribution in [0, 0.1) is 0 Å². The van der Waals surface area contributed by atoms with Crippen LogP contribution in [-0.2, 0) is 0 Å². The van der Waals surface area contributed by atoms with Crippen molar-refractivity contribution >= 4 is 23.7 Å². The molecule has 90 valence electrons. The summed E-state index contributed by atoms with van der Waals surface area (Å²) >= 11 is 1.51. The molecule has 0 aliphatic rings. The van der Waals surface area contributed by atoms with Gasteiger partial charge in [-0.05, 0) is 13.2 Å². The van der Waals surface area contributed by atoms with Gasteiger partial charge in [0.2, 0.25) is 0 Å². The smallest absolute Gasteiger partial charge is 0.357 e. The van der Waals surface area contributed by atoms with Crippen molar-refractivity contribution in [1.29, 1.82) is 0 Å². The summed E-state index contributed by atoms with van der Waals surface area (Å²) in [5.74, 6) is -1.13. The number of nitrogens with one attached hydrogen (secondary N) is 1. The first kappa shape index (κ1) is 12.9. The summed E-state index contributed by atoms with van der Waals surface area (Å²) in [6.45, 7) is 1.89. The molecule has 0 aliphatic carbocycles. The summed E-state index contributed by atoms with van der Waals surface area (Å²) in [7, 11) is 0. The second kappa shape index (κ2) is 5.76. The van der Waals surface area contributed by atoms with Crippen LogP contribution in [0.15, 0.2) is 10.7 Å². The molecule has 0 saturated heterocycles. The number of rotatable bonds is 6. The molecule has 0 fully saturated rings. The summed E-state index contributed by atoms with van der Waals surface area (Å²) in [6.07, 6.45) is 2.96. The molecular formula is C9H14N2O4S. The predicted molar refractivity (Wildman–Crippen MR) is 60.9 cm³/mol. The van der Waals surface area contributed by atoms with E-state index in [9.17, 15) is 4.79 Å². The Bertz CT molecular complexity index is 351. The quantitative estimate of drug-likeness (QED) is 0.686. The minimum absolute atomic E-state index is 0.000165. The van der Waals surface area contributed by atoms with Crippen molar-refractivity contribution in [2.75, 3.05) is 18.2 Å². The summed E-state index contributed by atoms with van der Waals surface area (Å²) in [6, 6.07) is 0.0812. The molecule has 6 nitrogen and oxygen atoms in total. The van der Waals surface area contributed by atoms with E-state index in [0.29, 0.717) is 0 Å². The lowest BCUT2D eigenvalue weighted by Crippen LogP contribution is -2.31. The van der Waals surface area contributed by atoms with Gasteiger partial charge in [-0.25, -0.2) is 4.79 Å². The van der Waals surface area contributed by atoms with E-state index in [1.807, 2.05) is 13.2 Å². The van der Waals surface area contributed by atoms with Gasteiger partial charge in [-0.15, -0.1) is 0 Å². The van der Waals surface area contributed by atoms with Gasteiger partial charge in [0.05, 0.1) is 6.61 Å². The highest BCUT2D eigenvalue weighted by molar-refractivity contribution is 7.99. The van der Waals surface area contributed by atoms with Gasteiger partial charge in [0.1, 0.15) is 6.26 Å². The first-order valence-corrected chi connectivity index (χ1v) is 5.96. The number of nitrogens with zero attached hydrogens (tertiary/aromatic N) is 1. The van der Waals surface area contributed by atoms with Gasteiger partial charge in [0.25, 0.3) is 6.01 Å². The monoisotopic (exact) mass is 246 g/mol. The third-order valence-electron chi connectivity index (χ3n) is 2.11. The molecule has 2 atom stereocenters. The minimum Gasteiger partial charge on any atom is -0.476 e. The molecule has 1 aromatic heterocycles. The number of aromatic carboxylic acids is 1. The third kappa shape index (κ3) is 3.14. The van der Waals surface area contributed by atoms with Crippen molar-refractivity contribution in [1.82, 2.24) is 4.98 Å². The van der Waals surface area contributed by atoms with Gasteiger partial charge < -0.3 is 19.9 Å². The zero-order valence-electron chi connectivity index (χ0n) is 9.01. The van der Waals surface area contributed by atoms with Crippen LogP contribution in [0.3, 0.4) is 0 Å². The lowest BCUT2D eigenvalue weighted by Gasteiger charge is -2.19. The van der Waals surface area contributed by atoms with E-state index in [0.717, 1.165) is 6.26 Å². The molecule has 7 heteroatoms. The number of aliphatic hydroxyl groups excluding tert-OH is 1. The van der Waals surface area contributed by atoms with Gasteiger partial charge in [0.15, 0.2) is 5.69 Å². The van der Waals surface area contributed by atoms with E-state index in [1.165, 1.54) is 11.8 Å². The number of aromatic nitrogens is 1. The van der Waals surface area contributed by atoms with Crippen LogP contribution in [0.2, 0.25) is 0 Å². The Hall–Kier alpha value is -1.21. The largest absolute Gasteiger partial charge is 0.476 e. The lowest BCUT2D eigenvalue weighted by molar-refractivity contribution is 0.0690. The first-order chi connectivity index (χ1) is 7.58. The molecule has 0 bridgehead atoms.